The molecule has 6 aromatic carbocycles. The molecule has 0 unspecified atom stereocenters. The van der Waals surface area contributed by atoms with Gasteiger partial charge in [-0.15, -0.1) is 0 Å². The second-order valence-electron chi connectivity index (χ2n) is 18.6. The van der Waals surface area contributed by atoms with Crippen LogP contribution in [0.5, 0.6) is 5.75 Å². The zero-order chi connectivity index (χ0) is 40.0. The molecule has 0 aliphatic rings. The van der Waals surface area contributed by atoms with Crippen molar-refractivity contribution in [2.24, 2.45) is 0 Å². The zero-order valence-corrected chi connectivity index (χ0v) is 37.3. The number of para-hydroxylation sites is 1. The number of hydrogen-bond acceptors (Lipinski definition) is 4. The number of aromatic hydroxyl groups is 1. The quantitative estimate of drug-likeness (QED) is 0.163. The number of pyridine rings is 1. The molecule has 9 rings (SSSR count). The Hall–Kier alpha value is -5.55. The Morgan fingerprint density at radius 2 is 1.25 bits per heavy atom. The van der Waals surface area contributed by atoms with Gasteiger partial charge in [0.25, 0.3) is 0 Å². The maximum absolute atomic E-state index is 11.9. The molecular formula is C49H49N3O2Si3. The minimum Gasteiger partial charge on any atom is -0.507 e. The Bertz CT molecular complexity index is 3030. The molecule has 284 valence electrons. The van der Waals surface area contributed by atoms with Crippen LogP contribution in [0.3, 0.4) is 0 Å². The summed E-state index contributed by atoms with van der Waals surface area (Å²) in [5.74, 6) is 0.966. The molecule has 0 aliphatic carbocycles. The predicted octanol–water partition coefficient (Wildman–Crippen LogP) is 11.8. The highest BCUT2D eigenvalue weighted by Gasteiger charge is 2.28. The Morgan fingerprint density at radius 1 is 0.561 bits per heavy atom. The molecule has 0 fully saturated rings. The van der Waals surface area contributed by atoms with Crippen LogP contribution < -0.4 is 15.6 Å². The summed E-state index contributed by atoms with van der Waals surface area (Å²) in [7, 11) is -5.15. The van der Waals surface area contributed by atoms with Crippen LogP contribution in [-0.4, -0.2) is 43.9 Å². The van der Waals surface area contributed by atoms with E-state index in [4.69, 9.17) is 14.4 Å². The lowest BCUT2D eigenvalue weighted by atomic mass is 9.96. The topological polar surface area (TPSA) is 64.1 Å². The van der Waals surface area contributed by atoms with Gasteiger partial charge in [0, 0.05) is 33.5 Å². The maximum Gasteiger partial charge on any atom is 0.149 e. The normalized spacial score (nSPS) is 12.7. The molecule has 0 radical (unpaired) electrons. The standard InChI is InChI=1S/C49H49N3O2Si3/c1-55(2,3)33-21-23-38(45(53)29-33)49-51-47-39(27-35(57(7,8)9)28-44(47)52(49)43-19-14-16-31-15-10-11-17-36(31)43)32-25-40-37-18-12-13-20-46(37)54-48(40)41(26-32)42-24-22-34(30-50-42)56(4,5)6/h10-30,53H,1-9H3. The van der Waals surface area contributed by atoms with E-state index in [1.165, 1.54) is 15.6 Å². The van der Waals surface area contributed by atoms with Crippen LogP contribution in [-0.2, 0) is 0 Å². The smallest absolute Gasteiger partial charge is 0.149 e. The minimum absolute atomic E-state index is 0.250. The number of imidazole rings is 1. The molecule has 5 nitrogen and oxygen atoms in total. The van der Waals surface area contributed by atoms with E-state index >= 15 is 0 Å². The van der Waals surface area contributed by atoms with Crippen molar-refractivity contribution in [1.82, 2.24) is 14.5 Å². The third-order valence-electron chi connectivity index (χ3n) is 11.4. The van der Waals surface area contributed by atoms with Crippen LogP contribution in [0.15, 0.2) is 132 Å². The van der Waals surface area contributed by atoms with Gasteiger partial charge in [-0.1, -0.05) is 142 Å². The Morgan fingerprint density at radius 3 is 1.95 bits per heavy atom. The van der Waals surface area contributed by atoms with Gasteiger partial charge < -0.3 is 9.52 Å². The second-order valence-corrected chi connectivity index (χ2v) is 33.8. The molecule has 0 atom stereocenters. The van der Waals surface area contributed by atoms with Crippen LogP contribution in [0.25, 0.3) is 83.2 Å². The third-order valence-corrected chi connectivity index (χ3v) is 17.5. The zero-order valence-electron chi connectivity index (χ0n) is 34.3. The summed E-state index contributed by atoms with van der Waals surface area (Å²) in [4.78, 5) is 10.7. The highest BCUT2D eigenvalue weighted by Crippen LogP contribution is 2.43. The Labute approximate surface area is 337 Å². The summed E-state index contributed by atoms with van der Waals surface area (Å²) in [5.41, 5.74) is 9.27. The Kier molecular flexibility index (Phi) is 8.62. The van der Waals surface area contributed by atoms with E-state index in [0.717, 1.165) is 71.8 Å². The van der Waals surface area contributed by atoms with E-state index in [1.54, 1.807) is 0 Å². The molecule has 3 heterocycles. The molecular weight excluding hydrogens is 747 g/mol. The van der Waals surface area contributed by atoms with E-state index in [-0.39, 0.29) is 5.75 Å². The van der Waals surface area contributed by atoms with Gasteiger partial charge in [0.15, 0.2) is 0 Å². The molecule has 0 amide bonds. The number of hydrogen-bond donors (Lipinski definition) is 1. The van der Waals surface area contributed by atoms with E-state index < -0.39 is 24.2 Å². The predicted molar refractivity (Wildman–Crippen MR) is 251 cm³/mol. The van der Waals surface area contributed by atoms with Crippen molar-refractivity contribution < 1.29 is 9.52 Å². The van der Waals surface area contributed by atoms with E-state index in [1.807, 2.05) is 18.2 Å². The van der Waals surface area contributed by atoms with Gasteiger partial charge in [0.1, 0.15) is 22.7 Å². The fourth-order valence-corrected chi connectivity index (χ4v) is 11.4. The van der Waals surface area contributed by atoms with Crippen molar-refractivity contribution in [3.8, 4) is 45.2 Å². The van der Waals surface area contributed by atoms with Crippen molar-refractivity contribution >= 4 is 83.5 Å². The van der Waals surface area contributed by atoms with Crippen LogP contribution >= 0.6 is 0 Å². The number of rotatable bonds is 7. The molecule has 3 aromatic heterocycles. The monoisotopic (exact) mass is 795 g/mol. The van der Waals surface area contributed by atoms with Gasteiger partial charge in [0.2, 0.25) is 0 Å². The lowest BCUT2D eigenvalue weighted by Crippen LogP contribution is -2.37. The highest BCUT2D eigenvalue weighted by molar-refractivity contribution is 6.89. The molecule has 0 spiro atoms. The van der Waals surface area contributed by atoms with Crippen molar-refractivity contribution in [3.05, 3.63) is 128 Å². The fourth-order valence-electron chi connectivity index (χ4n) is 8.01. The molecule has 9 aromatic rings. The van der Waals surface area contributed by atoms with Gasteiger partial charge in [-0.3, -0.25) is 9.55 Å². The third kappa shape index (κ3) is 6.46. The molecule has 0 bridgehead atoms. The largest absolute Gasteiger partial charge is 0.507 e. The maximum atomic E-state index is 11.9. The van der Waals surface area contributed by atoms with Crippen LogP contribution in [0, 0.1) is 0 Å². The SMILES string of the molecule is C[Si](C)(C)c1ccc(-c2cc(-c3cc([Si](C)(C)C)cc4c3nc(-c3ccc([Si](C)(C)C)cc3O)n4-c3cccc4ccccc34)cc3c2oc2ccccc23)nc1. The molecule has 1 N–H and O–H groups in total. The second kappa shape index (κ2) is 13.3. The van der Waals surface area contributed by atoms with E-state index in [0.29, 0.717) is 11.4 Å². The molecule has 0 saturated heterocycles. The average molecular weight is 796 g/mol. The number of nitrogens with zero attached hydrogens (tertiary/aromatic N) is 3. The average Bonchev–Trinajstić information content (AvgIpc) is 3.74. The minimum atomic E-state index is -1.90. The molecule has 57 heavy (non-hydrogen) atoms. The van der Waals surface area contributed by atoms with E-state index in [9.17, 15) is 5.11 Å². The van der Waals surface area contributed by atoms with Crippen LogP contribution in [0.2, 0.25) is 58.9 Å². The number of phenols is 1. The van der Waals surface area contributed by atoms with Gasteiger partial charge >= 0.3 is 0 Å². The number of fused-ring (bicyclic) bond motifs is 5. The lowest BCUT2D eigenvalue weighted by Gasteiger charge is -2.20. The first kappa shape index (κ1) is 37.1. The molecule has 0 saturated carbocycles. The molecule has 8 heteroatoms. The van der Waals surface area contributed by atoms with Gasteiger partial charge in [-0.05, 0) is 64.7 Å². The van der Waals surface area contributed by atoms with Crippen molar-refractivity contribution in [2.75, 3.05) is 0 Å². The van der Waals surface area contributed by atoms with E-state index in [2.05, 4.69) is 173 Å². The lowest BCUT2D eigenvalue weighted by molar-refractivity contribution is 0.477. The van der Waals surface area contributed by atoms with Gasteiger partial charge in [0.05, 0.1) is 52.2 Å². The number of aromatic nitrogens is 3. The first-order valence-corrected chi connectivity index (χ1v) is 30.4. The summed E-state index contributed by atoms with van der Waals surface area (Å²) in [5, 5.41) is 20.1. The number of benzene rings is 6. The summed E-state index contributed by atoms with van der Waals surface area (Å²) in [6, 6.07) is 43.2. The summed E-state index contributed by atoms with van der Waals surface area (Å²) in [6.45, 7) is 21.2. The molecule has 0 aliphatic heterocycles. The highest BCUT2D eigenvalue weighted by atomic mass is 28.3. The number of phenolic OH excluding ortho intramolecular Hbond substituents is 1. The van der Waals surface area contributed by atoms with Crippen molar-refractivity contribution in [3.63, 3.8) is 0 Å². The fraction of sp³-hybridized carbons (Fsp3) is 0.184. The van der Waals surface area contributed by atoms with Crippen LogP contribution in [0.1, 0.15) is 0 Å². The van der Waals surface area contributed by atoms with Crippen LogP contribution in [0.4, 0.5) is 0 Å². The van der Waals surface area contributed by atoms with Gasteiger partial charge in [-0.2, -0.15) is 0 Å². The summed E-state index contributed by atoms with van der Waals surface area (Å²) < 4.78 is 8.94. The Balaban J connectivity index is 1.40. The van der Waals surface area contributed by atoms with Crippen molar-refractivity contribution in [1.29, 1.82) is 0 Å². The van der Waals surface area contributed by atoms with Gasteiger partial charge in [-0.25, -0.2) is 4.98 Å². The first-order valence-electron chi connectivity index (χ1n) is 19.9. The first-order chi connectivity index (χ1) is 27.1. The van der Waals surface area contributed by atoms with Crippen molar-refractivity contribution in [2.45, 2.75) is 58.9 Å². The summed E-state index contributed by atoms with van der Waals surface area (Å²) >= 11 is 0. The number of furan rings is 1. The summed E-state index contributed by atoms with van der Waals surface area (Å²) in [6.07, 6.45) is 2.06.